The van der Waals surface area contributed by atoms with Gasteiger partial charge in [-0.05, 0) is 18.1 Å². The summed E-state index contributed by atoms with van der Waals surface area (Å²) in [5.41, 5.74) is 0. The SMILES string of the molecule is COCCN(CC(C)C)C(=O)CCc1ccco1. The van der Waals surface area contributed by atoms with Gasteiger partial charge < -0.3 is 14.1 Å². The summed E-state index contributed by atoms with van der Waals surface area (Å²) in [6.07, 6.45) is 2.79. The Hall–Kier alpha value is -1.29. The molecule has 0 unspecified atom stereocenters. The summed E-state index contributed by atoms with van der Waals surface area (Å²) in [5.74, 6) is 1.49. The maximum absolute atomic E-state index is 12.1. The monoisotopic (exact) mass is 253 g/mol. The molecule has 0 spiro atoms. The average molecular weight is 253 g/mol. The molecular weight excluding hydrogens is 230 g/mol. The maximum atomic E-state index is 12.1. The molecule has 1 aromatic rings. The number of rotatable bonds is 8. The highest BCUT2D eigenvalue weighted by molar-refractivity contribution is 5.76. The minimum atomic E-state index is 0.164. The highest BCUT2D eigenvalue weighted by Crippen LogP contribution is 2.07. The quantitative estimate of drug-likeness (QED) is 0.714. The second kappa shape index (κ2) is 7.93. The number of nitrogens with zero attached hydrogens (tertiary/aromatic N) is 1. The van der Waals surface area contributed by atoms with Crippen molar-refractivity contribution in [2.45, 2.75) is 26.7 Å². The Bertz CT molecular complexity index is 333. The van der Waals surface area contributed by atoms with Gasteiger partial charge in [0.25, 0.3) is 0 Å². The number of furan rings is 1. The van der Waals surface area contributed by atoms with Crippen molar-refractivity contribution in [3.63, 3.8) is 0 Å². The third kappa shape index (κ3) is 5.36. The predicted molar refractivity (Wildman–Crippen MR) is 70.3 cm³/mol. The topological polar surface area (TPSA) is 42.7 Å². The van der Waals surface area contributed by atoms with E-state index in [9.17, 15) is 4.79 Å². The van der Waals surface area contributed by atoms with E-state index in [2.05, 4.69) is 13.8 Å². The van der Waals surface area contributed by atoms with Crippen LogP contribution in [0.5, 0.6) is 0 Å². The lowest BCUT2D eigenvalue weighted by molar-refractivity contribution is -0.132. The van der Waals surface area contributed by atoms with Crippen molar-refractivity contribution in [3.05, 3.63) is 24.2 Å². The lowest BCUT2D eigenvalue weighted by Crippen LogP contribution is -2.36. The molecule has 0 aliphatic rings. The van der Waals surface area contributed by atoms with Crippen LogP contribution in [0.4, 0.5) is 0 Å². The summed E-state index contributed by atoms with van der Waals surface area (Å²) in [5, 5.41) is 0. The fourth-order valence-corrected chi connectivity index (χ4v) is 1.80. The van der Waals surface area contributed by atoms with Crippen LogP contribution in [0.3, 0.4) is 0 Å². The fourth-order valence-electron chi connectivity index (χ4n) is 1.80. The summed E-state index contributed by atoms with van der Waals surface area (Å²) in [7, 11) is 1.65. The van der Waals surface area contributed by atoms with E-state index in [0.717, 1.165) is 12.3 Å². The van der Waals surface area contributed by atoms with Crippen LogP contribution in [-0.4, -0.2) is 37.6 Å². The van der Waals surface area contributed by atoms with Crippen LogP contribution in [0.15, 0.2) is 22.8 Å². The Morgan fingerprint density at radius 2 is 2.28 bits per heavy atom. The standard InChI is InChI=1S/C14H23NO3/c1-12(2)11-15(8-10-17-3)14(16)7-6-13-5-4-9-18-13/h4-5,9,12H,6-8,10-11H2,1-3H3. The molecule has 0 N–H and O–H groups in total. The van der Waals surface area contributed by atoms with E-state index in [1.54, 1.807) is 13.4 Å². The first-order valence-electron chi connectivity index (χ1n) is 6.42. The molecule has 1 heterocycles. The van der Waals surface area contributed by atoms with Gasteiger partial charge in [0.15, 0.2) is 0 Å². The molecule has 0 saturated carbocycles. The van der Waals surface area contributed by atoms with Crippen molar-refractivity contribution in [1.29, 1.82) is 0 Å². The summed E-state index contributed by atoms with van der Waals surface area (Å²) in [6, 6.07) is 3.74. The zero-order valence-electron chi connectivity index (χ0n) is 11.5. The van der Waals surface area contributed by atoms with Crippen LogP contribution >= 0.6 is 0 Å². The van der Waals surface area contributed by atoms with Crippen LogP contribution in [0.2, 0.25) is 0 Å². The van der Waals surface area contributed by atoms with Crippen LogP contribution in [0.25, 0.3) is 0 Å². The van der Waals surface area contributed by atoms with Gasteiger partial charge in [0.1, 0.15) is 5.76 Å². The Balaban J connectivity index is 2.42. The summed E-state index contributed by atoms with van der Waals surface area (Å²) < 4.78 is 10.3. The van der Waals surface area contributed by atoms with Crippen LogP contribution in [0.1, 0.15) is 26.0 Å². The third-order valence-electron chi connectivity index (χ3n) is 2.67. The zero-order valence-corrected chi connectivity index (χ0v) is 11.5. The van der Waals surface area contributed by atoms with Gasteiger partial charge in [-0.1, -0.05) is 13.8 Å². The molecule has 0 fully saturated rings. The summed E-state index contributed by atoms with van der Waals surface area (Å²) in [4.78, 5) is 14.0. The normalized spacial score (nSPS) is 10.9. The number of carbonyl (C=O) groups excluding carboxylic acids is 1. The van der Waals surface area contributed by atoms with Crippen molar-refractivity contribution < 1.29 is 13.9 Å². The molecule has 0 aliphatic carbocycles. The van der Waals surface area contributed by atoms with E-state index in [-0.39, 0.29) is 5.91 Å². The molecular formula is C14H23NO3. The Morgan fingerprint density at radius 3 is 2.83 bits per heavy atom. The van der Waals surface area contributed by atoms with E-state index in [0.29, 0.717) is 31.9 Å². The highest BCUT2D eigenvalue weighted by atomic mass is 16.5. The number of carbonyl (C=O) groups is 1. The van der Waals surface area contributed by atoms with Gasteiger partial charge >= 0.3 is 0 Å². The first kappa shape index (κ1) is 14.8. The van der Waals surface area contributed by atoms with E-state index in [1.165, 1.54) is 0 Å². The summed E-state index contributed by atoms with van der Waals surface area (Å²) >= 11 is 0. The fraction of sp³-hybridized carbons (Fsp3) is 0.643. The lowest BCUT2D eigenvalue weighted by Gasteiger charge is -2.24. The molecule has 0 atom stereocenters. The van der Waals surface area contributed by atoms with Crippen molar-refractivity contribution in [2.24, 2.45) is 5.92 Å². The number of hydrogen-bond acceptors (Lipinski definition) is 3. The second-order valence-electron chi connectivity index (χ2n) is 4.81. The minimum Gasteiger partial charge on any atom is -0.469 e. The Kier molecular flexibility index (Phi) is 6.50. The number of amides is 1. The van der Waals surface area contributed by atoms with Crippen LogP contribution in [-0.2, 0) is 16.0 Å². The summed E-state index contributed by atoms with van der Waals surface area (Å²) in [6.45, 7) is 6.24. The highest BCUT2D eigenvalue weighted by Gasteiger charge is 2.14. The minimum absolute atomic E-state index is 0.164. The van der Waals surface area contributed by atoms with Gasteiger partial charge in [-0.15, -0.1) is 0 Å². The van der Waals surface area contributed by atoms with Crippen LogP contribution in [0, 0.1) is 5.92 Å². The molecule has 1 aromatic heterocycles. The number of methoxy groups -OCH3 is 1. The molecule has 4 heteroatoms. The van der Waals surface area contributed by atoms with Gasteiger partial charge in [-0.2, -0.15) is 0 Å². The van der Waals surface area contributed by atoms with Crippen molar-refractivity contribution in [3.8, 4) is 0 Å². The van der Waals surface area contributed by atoms with Crippen LogP contribution < -0.4 is 0 Å². The molecule has 0 bridgehead atoms. The zero-order chi connectivity index (χ0) is 13.4. The number of hydrogen-bond donors (Lipinski definition) is 0. The van der Waals surface area contributed by atoms with E-state index < -0.39 is 0 Å². The lowest BCUT2D eigenvalue weighted by atomic mass is 10.1. The second-order valence-corrected chi connectivity index (χ2v) is 4.81. The van der Waals surface area contributed by atoms with Crippen molar-refractivity contribution >= 4 is 5.91 Å². The average Bonchev–Trinajstić information content (AvgIpc) is 2.84. The van der Waals surface area contributed by atoms with Gasteiger partial charge in [0.05, 0.1) is 12.9 Å². The Labute approximate surface area is 109 Å². The molecule has 0 radical (unpaired) electrons. The van der Waals surface area contributed by atoms with Gasteiger partial charge in [-0.25, -0.2) is 0 Å². The molecule has 0 aromatic carbocycles. The molecule has 0 saturated heterocycles. The van der Waals surface area contributed by atoms with Gasteiger partial charge in [-0.3, -0.25) is 4.79 Å². The van der Waals surface area contributed by atoms with Crippen molar-refractivity contribution in [2.75, 3.05) is 26.8 Å². The molecule has 1 rings (SSSR count). The number of aryl methyl sites for hydroxylation is 1. The molecule has 102 valence electrons. The Morgan fingerprint density at radius 1 is 1.50 bits per heavy atom. The molecule has 4 nitrogen and oxygen atoms in total. The molecule has 1 amide bonds. The van der Waals surface area contributed by atoms with E-state index >= 15 is 0 Å². The maximum Gasteiger partial charge on any atom is 0.223 e. The largest absolute Gasteiger partial charge is 0.469 e. The molecule has 18 heavy (non-hydrogen) atoms. The van der Waals surface area contributed by atoms with Gasteiger partial charge in [0, 0.05) is 33.0 Å². The predicted octanol–water partition coefficient (Wildman–Crippen LogP) is 2.34. The van der Waals surface area contributed by atoms with E-state index in [4.69, 9.17) is 9.15 Å². The molecule has 0 aliphatic heterocycles. The van der Waals surface area contributed by atoms with E-state index in [1.807, 2.05) is 17.0 Å². The van der Waals surface area contributed by atoms with Gasteiger partial charge in [0.2, 0.25) is 5.91 Å². The first-order chi connectivity index (χ1) is 8.63. The third-order valence-corrected chi connectivity index (χ3v) is 2.67. The smallest absolute Gasteiger partial charge is 0.223 e. The number of ether oxygens (including phenoxy) is 1. The van der Waals surface area contributed by atoms with Crippen molar-refractivity contribution in [1.82, 2.24) is 4.90 Å². The first-order valence-corrected chi connectivity index (χ1v) is 6.42.